The van der Waals surface area contributed by atoms with E-state index in [1.165, 1.54) is 42.5 Å². The Kier molecular flexibility index (Phi) is 3.71. The van der Waals surface area contributed by atoms with E-state index < -0.39 is 15.8 Å². The van der Waals surface area contributed by atoms with E-state index in [4.69, 9.17) is 11.1 Å². The Morgan fingerprint density at radius 1 is 1.15 bits per heavy atom. The van der Waals surface area contributed by atoms with Crippen LogP contribution in [-0.2, 0) is 10.0 Å². The minimum Gasteiger partial charge on any atom is -0.384 e. The largest absolute Gasteiger partial charge is 0.384 e. The molecule has 0 heterocycles. The van der Waals surface area contributed by atoms with E-state index in [0.29, 0.717) is 11.3 Å². The van der Waals surface area contributed by atoms with Crippen molar-refractivity contribution in [2.24, 2.45) is 5.73 Å². The lowest BCUT2D eigenvalue weighted by molar-refractivity contribution is 0.595. The summed E-state index contributed by atoms with van der Waals surface area (Å²) < 4.78 is 39.4. The van der Waals surface area contributed by atoms with Crippen LogP contribution >= 0.6 is 0 Å². The highest BCUT2D eigenvalue weighted by molar-refractivity contribution is 7.92. The number of anilines is 1. The van der Waals surface area contributed by atoms with E-state index in [1.807, 2.05) is 0 Å². The lowest BCUT2D eigenvalue weighted by atomic mass is 10.2. The van der Waals surface area contributed by atoms with Gasteiger partial charge in [-0.05, 0) is 42.5 Å². The highest BCUT2D eigenvalue weighted by Gasteiger charge is 2.14. The fraction of sp³-hybridized carbons (Fsp3) is 0. The number of benzene rings is 2. The second kappa shape index (κ2) is 5.30. The number of nitrogen functional groups attached to an aromatic ring is 1. The highest BCUT2D eigenvalue weighted by Crippen LogP contribution is 2.17. The first-order valence-electron chi connectivity index (χ1n) is 5.61. The summed E-state index contributed by atoms with van der Waals surface area (Å²) in [5, 5.41) is 7.24. The molecule has 2 rings (SSSR count). The number of rotatable bonds is 4. The highest BCUT2D eigenvalue weighted by atomic mass is 32.2. The van der Waals surface area contributed by atoms with Crippen LogP contribution < -0.4 is 10.5 Å². The topological polar surface area (TPSA) is 96.0 Å². The average molecular weight is 293 g/mol. The standard InChI is InChI=1S/C13H12FN3O2S/c14-10-2-1-3-12(8-10)20(18,19)17-11-6-4-9(5-7-11)13(15)16/h1-8,17H,(H3,15,16). The SMILES string of the molecule is N=C(N)c1ccc(NS(=O)(=O)c2cccc(F)c2)cc1. The van der Waals surface area contributed by atoms with E-state index in [9.17, 15) is 12.8 Å². The third-order valence-corrected chi connectivity index (χ3v) is 3.93. The van der Waals surface area contributed by atoms with Gasteiger partial charge in [-0.3, -0.25) is 10.1 Å². The van der Waals surface area contributed by atoms with Gasteiger partial charge in [0.1, 0.15) is 11.7 Å². The van der Waals surface area contributed by atoms with Crippen LogP contribution in [0.5, 0.6) is 0 Å². The lowest BCUT2D eigenvalue weighted by Gasteiger charge is -2.08. The number of amidine groups is 1. The molecule has 0 aliphatic carbocycles. The molecule has 0 radical (unpaired) electrons. The van der Waals surface area contributed by atoms with Gasteiger partial charge in [0.05, 0.1) is 4.90 Å². The molecule has 0 saturated carbocycles. The summed E-state index contributed by atoms with van der Waals surface area (Å²) in [5.41, 5.74) is 6.09. The predicted octanol–water partition coefficient (Wildman–Crippen LogP) is 1.91. The van der Waals surface area contributed by atoms with Gasteiger partial charge in [-0.1, -0.05) is 6.07 Å². The van der Waals surface area contributed by atoms with E-state index in [0.717, 1.165) is 6.07 Å². The maximum atomic E-state index is 13.0. The molecule has 0 spiro atoms. The third-order valence-electron chi connectivity index (χ3n) is 2.55. The van der Waals surface area contributed by atoms with Crippen LogP contribution in [0.4, 0.5) is 10.1 Å². The fourth-order valence-electron chi connectivity index (χ4n) is 1.57. The van der Waals surface area contributed by atoms with Crippen LogP contribution in [0.1, 0.15) is 5.56 Å². The van der Waals surface area contributed by atoms with Gasteiger partial charge < -0.3 is 5.73 Å². The molecule has 20 heavy (non-hydrogen) atoms. The molecule has 0 unspecified atom stereocenters. The molecule has 0 amide bonds. The van der Waals surface area contributed by atoms with E-state index >= 15 is 0 Å². The van der Waals surface area contributed by atoms with E-state index in [-0.39, 0.29) is 10.7 Å². The van der Waals surface area contributed by atoms with Crippen molar-refractivity contribution in [3.63, 3.8) is 0 Å². The van der Waals surface area contributed by atoms with Crippen molar-refractivity contribution in [3.05, 3.63) is 59.9 Å². The summed E-state index contributed by atoms with van der Waals surface area (Å²) in [7, 11) is -3.84. The lowest BCUT2D eigenvalue weighted by Crippen LogP contribution is -2.14. The monoisotopic (exact) mass is 293 g/mol. The first kappa shape index (κ1) is 14.0. The molecule has 5 nitrogen and oxygen atoms in total. The van der Waals surface area contributed by atoms with Crippen molar-refractivity contribution in [2.75, 3.05) is 4.72 Å². The smallest absolute Gasteiger partial charge is 0.261 e. The van der Waals surface area contributed by atoms with Crippen LogP contribution in [0.15, 0.2) is 53.4 Å². The summed E-state index contributed by atoms with van der Waals surface area (Å²) >= 11 is 0. The van der Waals surface area contributed by atoms with Crippen LogP contribution in [0, 0.1) is 11.2 Å². The number of nitrogens with one attached hydrogen (secondary N) is 2. The normalized spacial score (nSPS) is 11.1. The second-order valence-corrected chi connectivity index (χ2v) is 5.74. The van der Waals surface area contributed by atoms with Crippen molar-refractivity contribution < 1.29 is 12.8 Å². The van der Waals surface area contributed by atoms with Crippen LogP contribution in [0.3, 0.4) is 0 Å². The fourth-order valence-corrected chi connectivity index (χ4v) is 2.66. The molecule has 2 aromatic carbocycles. The number of sulfonamides is 1. The maximum Gasteiger partial charge on any atom is 0.261 e. The van der Waals surface area contributed by atoms with Crippen LogP contribution in [0.25, 0.3) is 0 Å². The zero-order valence-electron chi connectivity index (χ0n) is 10.3. The van der Waals surface area contributed by atoms with E-state index in [1.54, 1.807) is 0 Å². The quantitative estimate of drug-likeness (QED) is 0.593. The van der Waals surface area contributed by atoms with Gasteiger partial charge in [0.2, 0.25) is 0 Å². The summed E-state index contributed by atoms with van der Waals surface area (Å²) in [5.74, 6) is -0.732. The van der Waals surface area contributed by atoms with Crippen LogP contribution in [-0.4, -0.2) is 14.3 Å². The Balaban J connectivity index is 2.26. The summed E-state index contributed by atoms with van der Waals surface area (Å²) in [4.78, 5) is -0.159. The zero-order valence-corrected chi connectivity index (χ0v) is 11.1. The Morgan fingerprint density at radius 2 is 1.80 bits per heavy atom. The Labute approximate surface area is 115 Å². The molecule has 0 fully saturated rings. The third kappa shape index (κ3) is 3.12. The van der Waals surface area contributed by atoms with Gasteiger partial charge in [0.25, 0.3) is 10.0 Å². The maximum absolute atomic E-state index is 13.0. The molecule has 0 saturated heterocycles. The first-order chi connectivity index (χ1) is 9.38. The summed E-state index contributed by atoms with van der Waals surface area (Å²) in [6.07, 6.45) is 0. The minimum atomic E-state index is -3.84. The van der Waals surface area contributed by atoms with Gasteiger partial charge in [0.15, 0.2) is 0 Å². The predicted molar refractivity (Wildman–Crippen MR) is 74.7 cm³/mol. The molecule has 0 aromatic heterocycles. The molecule has 0 bridgehead atoms. The molecule has 2 aromatic rings. The summed E-state index contributed by atoms with van der Waals surface area (Å²) in [6.45, 7) is 0. The minimum absolute atomic E-state index is 0.107. The zero-order chi connectivity index (χ0) is 14.8. The van der Waals surface area contributed by atoms with Crippen LogP contribution in [0.2, 0.25) is 0 Å². The van der Waals surface area contributed by atoms with Crippen molar-refractivity contribution in [1.82, 2.24) is 0 Å². The number of hydrogen-bond acceptors (Lipinski definition) is 3. The number of nitrogens with two attached hydrogens (primary N) is 1. The number of hydrogen-bond donors (Lipinski definition) is 3. The first-order valence-corrected chi connectivity index (χ1v) is 7.10. The van der Waals surface area contributed by atoms with Crippen molar-refractivity contribution in [3.8, 4) is 0 Å². The molecular formula is C13H12FN3O2S. The van der Waals surface area contributed by atoms with Gasteiger partial charge in [-0.2, -0.15) is 0 Å². The Bertz CT molecular complexity index is 742. The average Bonchev–Trinajstić information content (AvgIpc) is 2.39. The van der Waals surface area contributed by atoms with Gasteiger partial charge >= 0.3 is 0 Å². The van der Waals surface area contributed by atoms with E-state index in [2.05, 4.69) is 4.72 Å². The molecule has 4 N–H and O–H groups in total. The molecular weight excluding hydrogens is 281 g/mol. The van der Waals surface area contributed by atoms with Gasteiger partial charge in [-0.25, -0.2) is 12.8 Å². The van der Waals surface area contributed by atoms with Gasteiger partial charge in [0, 0.05) is 11.3 Å². The Hall–Kier alpha value is -2.41. The van der Waals surface area contributed by atoms with Gasteiger partial charge in [-0.15, -0.1) is 0 Å². The van der Waals surface area contributed by atoms with Crippen molar-refractivity contribution in [1.29, 1.82) is 5.41 Å². The molecule has 7 heteroatoms. The molecule has 0 atom stereocenters. The molecule has 0 aliphatic heterocycles. The number of halogens is 1. The second-order valence-electron chi connectivity index (χ2n) is 4.05. The molecule has 104 valence electrons. The van der Waals surface area contributed by atoms with Crippen molar-refractivity contribution >= 4 is 21.5 Å². The summed E-state index contributed by atoms with van der Waals surface area (Å²) in [6, 6.07) is 10.7. The Morgan fingerprint density at radius 3 is 2.35 bits per heavy atom. The van der Waals surface area contributed by atoms with Crippen molar-refractivity contribution in [2.45, 2.75) is 4.90 Å². The molecule has 0 aliphatic rings.